The van der Waals surface area contributed by atoms with Crippen LogP contribution in [-0.2, 0) is 10.2 Å². The Hall–Kier alpha value is -1.55. The number of hydrogen-bond donors (Lipinski definition) is 1. The van der Waals surface area contributed by atoms with Gasteiger partial charge in [0, 0.05) is 37.5 Å². The molecule has 1 saturated heterocycles. The van der Waals surface area contributed by atoms with E-state index < -0.39 is 0 Å². The molecule has 142 valence electrons. The Morgan fingerprint density at radius 1 is 1.23 bits per heavy atom. The van der Waals surface area contributed by atoms with E-state index in [1.165, 1.54) is 44.2 Å². The van der Waals surface area contributed by atoms with Gasteiger partial charge in [0.25, 0.3) is 0 Å². The van der Waals surface area contributed by atoms with Crippen LogP contribution in [-0.4, -0.2) is 43.6 Å². The number of rotatable bonds is 7. The Morgan fingerprint density at radius 3 is 2.62 bits per heavy atom. The summed E-state index contributed by atoms with van der Waals surface area (Å²) in [6.45, 7) is 2.92. The first-order chi connectivity index (χ1) is 12.7. The van der Waals surface area contributed by atoms with Crippen molar-refractivity contribution < 1.29 is 9.53 Å². The van der Waals surface area contributed by atoms with Gasteiger partial charge in [0.1, 0.15) is 5.75 Å². The summed E-state index contributed by atoms with van der Waals surface area (Å²) < 4.78 is 5.29. The van der Waals surface area contributed by atoms with Gasteiger partial charge in [-0.05, 0) is 55.7 Å². The lowest BCUT2D eigenvalue weighted by molar-refractivity contribution is -0.121. The van der Waals surface area contributed by atoms with E-state index in [2.05, 4.69) is 22.3 Å². The number of methoxy groups -OCH3 is 1. The average Bonchev–Trinajstić information content (AvgIpc) is 3.42. The molecule has 1 amide bonds. The normalized spacial score (nSPS) is 27.0. The molecule has 1 aliphatic heterocycles. The van der Waals surface area contributed by atoms with Crippen molar-refractivity contribution >= 4 is 5.91 Å². The maximum Gasteiger partial charge on any atom is 0.221 e. The fourth-order valence-corrected chi connectivity index (χ4v) is 5.47. The van der Waals surface area contributed by atoms with E-state index in [4.69, 9.17) is 4.74 Å². The molecule has 1 aromatic carbocycles. The highest BCUT2D eigenvalue weighted by atomic mass is 16.5. The SMILES string of the molecule is COc1ccc(C2(CNC(=O)CCN3C[C@@H]4CC[C@H]3C4)CCCC2)cc1. The summed E-state index contributed by atoms with van der Waals surface area (Å²) in [4.78, 5) is 15.0. The Balaban J connectivity index is 1.31. The smallest absolute Gasteiger partial charge is 0.221 e. The standard InChI is InChI=1S/C22H32N2O2/c1-26-20-8-5-18(6-9-20)22(11-2-3-12-22)16-23-21(25)10-13-24-15-17-4-7-19(24)14-17/h5-6,8-9,17,19H,2-4,7,10-16H2,1H3,(H,23,25)/t17-,19+/m1/s1. The second-order valence-corrected chi connectivity index (χ2v) is 8.57. The zero-order chi connectivity index (χ0) is 18.0. The lowest BCUT2D eigenvalue weighted by Gasteiger charge is -2.31. The molecule has 3 aliphatic rings. The van der Waals surface area contributed by atoms with Gasteiger partial charge in [-0.2, -0.15) is 0 Å². The van der Waals surface area contributed by atoms with Gasteiger partial charge in [-0.1, -0.05) is 25.0 Å². The molecule has 0 unspecified atom stereocenters. The molecule has 1 heterocycles. The highest BCUT2D eigenvalue weighted by Gasteiger charge is 2.38. The molecular formula is C22H32N2O2. The van der Waals surface area contributed by atoms with E-state index in [1.807, 2.05) is 12.1 Å². The maximum atomic E-state index is 12.5. The fraction of sp³-hybridized carbons (Fsp3) is 0.682. The third kappa shape index (κ3) is 3.62. The molecule has 2 bridgehead atoms. The van der Waals surface area contributed by atoms with Crippen molar-refractivity contribution in [3.05, 3.63) is 29.8 Å². The number of amides is 1. The topological polar surface area (TPSA) is 41.6 Å². The first-order valence-electron chi connectivity index (χ1n) is 10.3. The molecule has 2 aliphatic carbocycles. The number of nitrogens with one attached hydrogen (secondary N) is 1. The van der Waals surface area contributed by atoms with Crippen LogP contribution in [0.5, 0.6) is 5.75 Å². The van der Waals surface area contributed by atoms with E-state index >= 15 is 0 Å². The quantitative estimate of drug-likeness (QED) is 0.813. The summed E-state index contributed by atoms with van der Waals surface area (Å²) >= 11 is 0. The van der Waals surface area contributed by atoms with E-state index in [0.717, 1.165) is 43.6 Å². The average molecular weight is 357 g/mol. The number of fused-ring (bicyclic) bond motifs is 2. The minimum Gasteiger partial charge on any atom is -0.497 e. The Labute approximate surface area is 157 Å². The molecule has 0 aromatic heterocycles. The minimum atomic E-state index is 0.106. The van der Waals surface area contributed by atoms with Crippen LogP contribution in [0.25, 0.3) is 0 Å². The molecule has 2 saturated carbocycles. The predicted octanol–water partition coefficient (Wildman–Crippen LogP) is 3.50. The molecule has 0 spiro atoms. The van der Waals surface area contributed by atoms with Gasteiger partial charge in [0.2, 0.25) is 5.91 Å². The predicted molar refractivity (Wildman–Crippen MR) is 103 cm³/mol. The number of piperidine rings is 1. The van der Waals surface area contributed by atoms with Gasteiger partial charge in [-0.15, -0.1) is 0 Å². The summed E-state index contributed by atoms with van der Waals surface area (Å²) in [5.74, 6) is 2.01. The number of ether oxygens (including phenoxy) is 1. The van der Waals surface area contributed by atoms with Crippen molar-refractivity contribution in [1.29, 1.82) is 0 Å². The summed E-state index contributed by atoms with van der Waals surface area (Å²) in [5, 5.41) is 3.26. The number of carbonyl (C=O) groups excluding carboxylic acids is 1. The molecule has 4 rings (SSSR count). The summed E-state index contributed by atoms with van der Waals surface area (Å²) in [6.07, 6.45) is 9.57. The molecule has 4 heteroatoms. The Bertz CT molecular complexity index is 622. The third-order valence-corrected chi connectivity index (χ3v) is 7.04. The van der Waals surface area contributed by atoms with Crippen LogP contribution in [0.3, 0.4) is 0 Å². The minimum absolute atomic E-state index is 0.106. The zero-order valence-electron chi connectivity index (χ0n) is 16.0. The number of likely N-dealkylation sites (tertiary alicyclic amines) is 1. The highest BCUT2D eigenvalue weighted by Crippen LogP contribution is 2.41. The lowest BCUT2D eigenvalue weighted by atomic mass is 9.78. The van der Waals surface area contributed by atoms with E-state index in [1.54, 1.807) is 7.11 Å². The van der Waals surface area contributed by atoms with Crippen LogP contribution >= 0.6 is 0 Å². The van der Waals surface area contributed by atoms with E-state index in [-0.39, 0.29) is 11.3 Å². The highest BCUT2D eigenvalue weighted by molar-refractivity contribution is 5.76. The second-order valence-electron chi connectivity index (χ2n) is 8.57. The van der Waals surface area contributed by atoms with Crippen LogP contribution in [0, 0.1) is 5.92 Å². The van der Waals surface area contributed by atoms with Gasteiger partial charge in [0.05, 0.1) is 7.11 Å². The number of nitrogens with zero attached hydrogens (tertiary/aromatic N) is 1. The van der Waals surface area contributed by atoms with Crippen LogP contribution in [0.15, 0.2) is 24.3 Å². The van der Waals surface area contributed by atoms with Crippen molar-refractivity contribution in [3.63, 3.8) is 0 Å². The van der Waals surface area contributed by atoms with E-state index in [9.17, 15) is 4.79 Å². The molecule has 4 nitrogen and oxygen atoms in total. The van der Waals surface area contributed by atoms with Crippen LogP contribution in [0.1, 0.15) is 56.9 Å². The second kappa shape index (κ2) is 7.59. The van der Waals surface area contributed by atoms with Crippen molar-refractivity contribution in [2.75, 3.05) is 26.7 Å². The van der Waals surface area contributed by atoms with Crippen molar-refractivity contribution in [2.45, 2.75) is 62.8 Å². The van der Waals surface area contributed by atoms with Gasteiger partial charge < -0.3 is 10.1 Å². The van der Waals surface area contributed by atoms with Crippen molar-refractivity contribution in [1.82, 2.24) is 10.2 Å². The first-order valence-corrected chi connectivity index (χ1v) is 10.3. The van der Waals surface area contributed by atoms with Gasteiger partial charge in [0.15, 0.2) is 0 Å². The van der Waals surface area contributed by atoms with Crippen molar-refractivity contribution in [3.8, 4) is 5.75 Å². The molecule has 3 fully saturated rings. The fourth-order valence-electron chi connectivity index (χ4n) is 5.47. The summed E-state index contributed by atoms with van der Waals surface area (Å²) in [5.41, 5.74) is 1.45. The zero-order valence-corrected chi connectivity index (χ0v) is 16.0. The molecular weight excluding hydrogens is 324 g/mol. The van der Waals surface area contributed by atoms with Crippen molar-refractivity contribution in [2.24, 2.45) is 5.92 Å². The molecule has 26 heavy (non-hydrogen) atoms. The van der Waals surface area contributed by atoms with Crippen LogP contribution < -0.4 is 10.1 Å². The number of carbonyl (C=O) groups is 1. The Morgan fingerprint density at radius 2 is 2.00 bits per heavy atom. The van der Waals surface area contributed by atoms with Gasteiger partial charge in [-0.3, -0.25) is 9.69 Å². The summed E-state index contributed by atoms with van der Waals surface area (Å²) in [6, 6.07) is 9.20. The lowest BCUT2D eigenvalue weighted by Crippen LogP contribution is -2.41. The van der Waals surface area contributed by atoms with Gasteiger partial charge in [-0.25, -0.2) is 0 Å². The maximum absolute atomic E-state index is 12.5. The van der Waals surface area contributed by atoms with E-state index in [0.29, 0.717) is 6.42 Å². The summed E-state index contributed by atoms with van der Waals surface area (Å²) in [7, 11) is 1.70. The number of hydrogen-bond acceptors (Lipinski definition) is 3. The Kier molecular flexibility index (Phi) is 5.21. The monoisotopic (exact) mass is 356 g/mol. The molecule has 1 N–H and O–H groups in total. The number of benzene rings is 1. The van der Waals surface area contributed by atoms with Gasteiger partial charge >= 0.3 is 0 Å². The van der Waals surface area contributed by atoms with Crippen LogP contribution in [0.4, 0.5) is 0 Å². The first kappa shape index (κ1) is 17.8. The molecule has 1 aromatic rings. The molecule has 0 radical (unpaired) electrons. The van der Waals surface area contributed by atoms with Crippen LogP contribution in [0.2, 0.25) is 0 Å². The largest absolute Gasteiger partial charge is 0.497 e. The molecule has 2 atom stereocenters. The third-order valence-electron chi connectivity index (χ3n) is 7.04.